The summed E-state index contributed by atoms with van der Waals surface area (Å²) >= 11 is 12.1. The molecule has 7 heteroatoms. The van der Waals surface area contributed by atoms with Crippen LogP contribution in [0.2, 0.25) is 10.0 Å². The van der Waals surface area contributed by atoms with Gasteiger partial charge in [-0.1, -0.05) is 55.8 Å². The minimum atomic E-state index is -0.538. The maximum absolute atomic E-state index is 12.8. The highest BCUT2D eigenvalue weighted by atomic mass is 35.5. The minimum Gasteiger partial charge on any atom is -0.462 e. The van der Waals surface area contributed by atoms with Crippen LogP contribution in [-0.2, 0) is 4.74 Å². The van der Waals surface area contributed by atoms with Crippen molar-refractivity contribution in [1.29, 1.82) is 0 Å². The number of unbranched alkanes of at least 4 members (excludes halogenated alkanes) is 4. The number of anilines is 1. The van der Waals surface area contributed by atoms with E-state index < -0.39 is 17.8 Å². The van der Waals surface area contributed by atoms with E-state index >= 15 is 0 Å². The van der Waals surface area contributed by atoms with Crippen molar-refractivity contribution < 1.29 is 19.1 Å². The molecule has 29 heavy (non-hydrogen) atoms. The highest BCUT2D eigenvalue weighted by Gasteiger charge is 2.38. The van der Waals surface area contributed by atoms with Gasteiger partial charge in [-0.2, -0.15) is 0 Å². The molecule has 3 rings (SSSR count). The van der Waals surface area contributed by atoms with Crippen molar-refractivity contribution in [3.05, 3.63) is 63.1 Å². The van der Waals surface area contributed by atoms with Crippen LogP contribution in [0.25, 0.3) is 0 Å². The number of nitrogens with zero attached hydrogens (tertiary/aromatic N) is 1. The zero-order valence-electron chi connectivity index (χ0n) is 16.0. The van der Waals surface area contributed by atoms with E-state index in [0.29, 0.717) is 11.6 Å². The van der Waals surface area contributed by atoms with Crippen LogP contribution in [0.3, 0.4) is 0 Å². The minimum absolute atomic E-state index is 0.151. The quantitative estimate of drug-likeness (QED) is 0.294. The van der Waals surface area contributed by atoms with Gasteiger partial charge in [-0.15, -0.1) is 0 Å². The van der Waals surface area contributed by atoms with E-state index in [2.05, 4.69) is 6.92 Å². The van der Waals surface area contributed by atoms with Crippen LogP contribution >= 0.6 is 23.2 Å². The summed E-state index contributed by atoms with van der Waals surface area (Å²) in [5.74, 6) is -1.54. The van der Waals surface area contributed by atoms with E-state index in [1.54, 1.807) is 6.07 Å². The number of hydrogen-bond donors (Lipinski definition) is 0. The first-order chi connectivity index (χ1) is 13.9. The molecule has 5 nitrogen and oxygen atoms in total. The molecule has 0 radical (unpaired) electrons. The zero-order chi connectivity index (χ0) is 21.0. The third-order valence-electron chi connectivity index (χ3n) is 4.75. The Morgan fingerprint density at radius 2 is 1.66 bits per heavy atom. The molecular formula is C22H21Cl2NO4. The molecule has 2 aromatic rings. The molecule has 0 bridgehead atoms. The second-order valence-corrected chi connectivity index (χ2v) is 7.70. The first-order valence-corrected chi connectivity index (χ1v) is 10.3. The predicted molar refractivity (Wildman–Crippen MR) is 113 cm³/mol. The average Bonchev–Trinajstić information content (AvgIpc) is 2.95. The highest BCUT2D eigenvalue weighted by molar-refractivity contribution is 6.41. The molecule has 152 valence electrons. The van der Waals surface area contributed by atoms with E-state index in [9.17, 15) is 14.4 Å². The van der Waals surface area contributed by atoms with Gasteiger partial charge >= 0.3 is 5.97 Å². The van der Waals surface area contributed by atoms with Crippen LogP contribution in [0, 0.1) is 0 Å². The van der Waals surface area contributed by atoms with Gasteiger partial charge in [-0.05, 0) is 42.8 Å². The van der Waals surface area contributed by atoms with E-state index in [4.69, 9.17) is 27.9 Å². The molecule has 0 saturated heterocycles. The van der Waals surface area contributed by atoms with Crippen LogP contribution in [0.15, 0.2) is 36.4 Å². The van der Waals surface area contributed by atoms with Gasteiger partial charge in [0.15, 0.2) is 0 Å². The number of ether oxygens (including phenoxy) is 1. The monoisotopic (exact) mass is 433 g/mol. The maximum Gasteiger partial charge on any atom is 0.338 e. The summed E-state index contributed by atoms with van der Waals surface area (Å²) in [7, 11) is 0. The molecule has 0 unspecified atom stereocenters. The van der Waals surface area contributed by atoms with Crippen LogP contribution in [0.4, 0.5) is 5.69 Å². The van der Waals surface area contributed by atoms with Gasteiger partial charge in [0.05, 0.1) is 34.0 Å². The number of rotatable bonds is 8. The van der Waals surface area contributed by atoms with Crippen LogP contribution in [0.5, 0.6) is 0 Å². The molecule has 2 aromatic carbocycles. The topological polar surface area (TPSA) is 63.7 Å². The molecular weight excluding hydrogens is 413 g/mol. The summed E-state index contributed by atoms with van der Waals surface area (Å²) in [5, 5.41) is 0.588. The number of carbonyl (C=O) groups is 3. The number of esters is 1. The number of imide groups is 1. The zero-order valence-corrected chi connectivity index (χ0v) is 17.6. The summed E-state index contributed by atoms with van der Waals surface area (Å²) < 4.78 is 5.29. The fourth-order valence-electron chi connectivity index (χ4n) is 3.20. The lowest BCUT2D eigenvalue weighted by molar-refractivity contribution is 0.0497. The summed E-state index contributed by atoms with van der Waals surface area (Å²) in [6, 6.07) is 8.90. The second-order valence-electron chi connectivity index (χ2n) is 6.85. The van der Waals surface area contributed by atoms with Crippen molar-refractivity contribution >= 4 is 46.7 Å². The van der Waals surface area contributed by atoms with Crippen molar-refractivity contribution in [2.75, 3.05) is 11.5 Å². The smallest absolute Gasteiger partial charge is 0.338 e. The van der Waals surface area contributed by atoms with Crippen LogP contribution in [0.1, 0.15) is 70.1 Å². The van der Waals surface area contributed by atoms with Crippen molar-refractivity contribution in [2.45, 2.75) is 39.0 Å². The number of carbonyl (C=O) groups excluding carboxylic acids is 3. The Kier molecular flexibility index (Phi) is 6.93. The number of halogens is 2. The highest BCUT2D eigenvalue weighted by Crippen LogP contribution is 2.35. The molecule has 2 amide bonds. The summed E-state index contributed by atoms with van der Waals surface area (Å²) in [5.41, 5.74) is 0.858. The Morgan fingerprint density at radius 1 is 0.931 bits per heavy atom. The number of hydrogen-bond acceptors (Lipinski definition) is 4. The molecule has 0 spiro atoms. The van der Waals surface area contributed by atoms with Gasteiger partial charge in [-0.3, -0.25) is 9.59 Å². The molecule has 0 saturated carbocycles. The van der Waals surface area contributed by atoms with Crippen molar-refractivity contribution in [3.63, 3.8) is 0 Å². The Bertz CT molecular complexity index is 958. The SMILES string of the molecule is CCCCCCCOC(=O)c1ccc2c(c1)C(=O)N(c1ccc(Cl)cc1Cl)C2=O. The Labute approximate surface area is 179 Å². The Balaban J connectivity index is 1.73. The van der Waals surface area contributed by atoms with E-state index in [0.717, 1.165) is 30.6 Å². The molecule has 1 aliphatic rings. The van der Waals surface area contributed by atoms with Gasteiger partial charge in [0.2, 0.25) is 0 Å². The number of amides is 2. The second kappa shape index (κ2) is 9.42. The van der Waals surface area contributed by atoms with Crippen LogP contribution in [-0.4, -0.2) is 24.4 Å². The van der Waals surface area contributed by atoms with Crippen molar-refractivity contribution in [3.8, 4) is 0 Å². The summed E-state index contributed by atoms with van der Waals surface area (Å²) in [4.78, 5) is 38.9. The first kappa shape index (κ1) is 21.3. The van der Waals surface area contributed by atoms with E-state index in [1.807, 2.05) is 0 Å². The van der Waals surface area contributed by atoms with Crippen molar-refractivity contribution in [1.82, 2.24) is 0 Å². The third-order valence-corrected chi connectivity index (χ3v) is 5.29. The third kappa shape index (κ3) is 4.62. The standard InChI is InChI=1S/C22H21Cl2NO4/c1-2-3-4-5-6-11-29-22(28)14-7-9-16-17(12-14)21(27)25(20(16)26)19-10-8-15(23)13-18(19)24/h7-10,12-13H,2-6,11H2,1H3. The van der Waals surface area contributed by atoms with Gasteiger partial charge in [-0.25, -0.2) is 9.69 Å². The lowest BCUT2D eigenvalue weighted by Crippen LogP contribution is -2.29. The van der Waals surface area contributed by atoms with Gasteiger partial charge in [0.25, 0.3) is 11.8 Å². The van der Waals surface area contributed by atoms with Crippen molar-refractivity contribution in [2.24, 2.45) is 0 Å². The average molecular weight is 434 g/mol. The molecule has 0 aliphatic carbocycles. The first-order valence-electron chi connectivity index (χ1n) is 9.59. The normalized spacial score (nSPS) is 13.0. The fourth-order valence-corrected chi connectivity index (χ4v) is 3.70. The lowest BCUT2D eigenvalue weighted by atomic mass is 10.1. The molecule has 1 heterocycles. The lowest BCUT2D eigenvalue weighted by Gasteiger charge is -2.15. The Hall–Kier alpha value is -2.37. The Morgan fingerprint density at radius 3 is 2.38 bits per heavy atom. The van der Waals surface area contributed by atoms with E-state index in [1.165, 1.54) is 36.8 Å². The summed E-state index contributed by atoms with van der Waals surface area (Å²) in [6.45, 7) is 2.47. The van der Waals surface area contributed by atoms with Gasteiger partial charge < -0.3 is 4.74 Å². The maximum atomic E-state index is 12.8. The molecule has 0 fully saturated rings. The molecule has 0 N–H and O–H groups in total. The molecule has 0 atom stereocenters. The number of benzene rings is 2. The van der Waals surface area contributed by atoms with Gasteiger partial charge in [0, 0.05) is 5.02 Å². The molecule has 0 aromatic heterocycles. The molecule has 1 aliphatic heterocycles. The largest absolute Gasteiger partial charge is 0.462 e. The van der Waals surface area contributed by atoms with Gasteiger partial charge in [0.1, 0.15) is 0 Å². The van der Waals surface area contributed by atoms with Crippen LogP contribution < -0.4 is 4.90 Å². The number of fused-ring (bicyclic) bond motifs is 1. The summed E-state index contributed by atoms with van der Waals surface area (Å²) in [6.07, 6.45) is 5.25. The fraction of sp³-hybridized carbons (Fsp3) is 0.318. The van der Waals surface area contributed by atoms with E-state index in [-0.39, 0.29) is 27.4 Å². The predicted octanol–water partition coefficient (Wildman–Crippen LogP) is 5.92.